The highest BCUT2D eigenvalue weighted by molar-refractivity contribution is 7.86. The number of rotatable bonds is 0. The molecule has 100 valence electrons. The van der Waals surface area contributed by atoms with Crippen LogP contribution >= 0.6 is 0 Å². The molecule has 5 nitrogen and oxygen atoms in total. The first-order chi connectivity index (χ1) is 7.72. The first kappa shape index (κ1) is 14.2. The number of ether oxygens (including phenoxy) is 1. The molecule has 0 bridgehead atoms. The standard InChI is InChI=1S/C7H12NO.CHF3O3S/c1-2-4-8-5-6-9-7(8)3-1;2-1(3,4)8(5,6)7/h1-6H2;(H,5,6,7)/q+1;/p-1. The fourth-order valence-corrected chi connectivity index (χ4v) is 1.54. The molecular weight excluding hydrogens is 263 g/mol. The summed E-state index contributed by atoms with van der Waals surface area (Å²) in [5, 5.41) is 0. The molecule has 2 aliphatic heterocycles. The van der Waals surface area contributed by atoms with Crippen molar-refractivity contribution < 1.29 is 35.5 Å². The molecule has 0 N–H and O–H groups in total. The predicted octanol–water partition coefficient (Wildman–Crippen LogP) is 0.663. The minimum absolute atomic E-state index is 0.926. The Labute approximate surface area is 96.6 Å². The summed E-state index contributed by atoms with van der Waals surface area (Å²) in [6.45, 7) is 3.29. The third kappa shape index (κ3) is 4.15. The number of nitrogens with zero attached hydrogens (tertiary/aromatic N) is 1. The minimum atomic E-state index is -6.09. The van der Waals surface area contributed by atoms with E-state index in [0.717, 1.165) is 13.2 Å². The Morgan fingerprint density at radius 2 is 1.82 bits per heavy atom. The van der Waals surface area contributed by atoms with Gasteiger partial charge in [0.15, 0.2) is 23.3 Å². The maximum absolute atomic E-state index is 10.7. The van der Waals surface area contributed by atoms with Crippen LogP contribution in [0.25, 0.3) is 0 Å². The van der Waals surface area contributed by atoms with E-state index in [2.05, 4.69) is 4.58 Å². The molecule has 9 heteroatoms. The van der Waals surface area contributed by atoms with E-state index < -0.39 is 15.6 Å². The fraction of sp³-hybridized carbons (Fsp3) is 0.875. The summed E-state index contributed by atoms with van der Waals surface area (Å²) >= 11 is 0. The van der Waals surface area contributed by atoms with Crippen molar-refractivity contribution in [2.24, 2.45) is 0 Å². The van der Waals surface area contributed by atoms with Gasteiger partial charge in [0, 0.05) is 6.42 Å². The molecule has 0 spiro atoms. The van der Waals surface area contributed by atoms with Gasteiger partial charge in [0.25, 0.3) is 0 Å². The number of hydrogen-bond donors (Lipinski definition) is 0. The molecule has 0 aromatic rings. The lowest BCUT2D eigenvalue weighted by molar-refractivity contribution is -0.523. The lowest BCUT2D eigenvalue weighted by Gasteiger charge is -2.08. The van der Waals surface area contributed by atoms with E-state index in [1.54, 1.807) is 0 Å². The molecule has 17 heavy (non-hydrogen) atoms. The maximum atomic E-state index is 10.7. The quantitative estimate of drug-likeness (QED) is 0.370. The summed E-state index contributed by atoms with van der Waals surface area (Å²) in [5.74, 6) is 1.25. The van der Waals surface area contributed by atoms with Gasteiger partial charge in [-0.05, 0) is 6.42 Å². The predicted molar refractivity (Wildman–Crippen MR) is 50.6 cm³/mol. The van der Waals surface area contributed by atoms with Crippen molar-refractivity contribution in [3.8, 4) is 0 Å². The SMILES string of the molecule is C1CC[N+]2=C(C1)OCC2.O=S(=O)([O-])C(F)(F)F. The molecule has 2 heterocycles. The third-order valence-electron chi connectivity index (χ3n) is 2.33. The van der Waals surface area contributed by atoms with Gasteiger partial charge in [0.2, 0.25) is 0 Å². The van der Waals surface area contributed by atoms with Crippen LogP contribution in [0.4, 0.5) is 13.2 Å². The van der Waals surface area contributed by atoms with Gasteiger partial charge in [-0.3, -0.25) is 0 Å². The Morgan fingerprint density at radius 3 is 2.29 bits per heavy atom. The monoisotopic (exact) mass is 275 g/mol. The van der Waals surface area contributed by atoms with Gasteiger partial charge in [-0.15, -0.1) is 0 Å². The largest absolute Gasteiger partial charge is 0.741 e. The molecule has 0 aromatic carbocycles. The van der Waals surface area contributed by atoms with Crippen molar-refractivity contribution in [3.63, 3.8) is 0 Å². The van der Waals surface area contributed by atoms with E-state index in [4.69, 9.17) is 17.7 Å². The summed E-state index contributed by atoms with van der Waals surface area (Å²) < 4.78 is 66.7. The molecule has 0 saturated heterocycles. The Balaban J connectivity index is 0.000000172. The van der Waals surface area contributed by atoms with Gasteiger partial charge >= 0.3 is 11.4 Å². The van der Waals surface area contributed by atoms with Crippen LogP contribution in [0.2, 0.25) is 0 Å². The summed E-state index contributed by atoms with van der Waals surface area (Å²) in [6.07, 6.45) is 3.86. The first-order valence-electron chi connectivity index (χ1n) is 4.97. The smallest absolute Gasteiger partial charge is 0.485 e. The molecule has 0 saturated carbocycles. The van der Waals surface area contributed by atoms with Crippen LogP contribution in [-0.4, -0.2) is 48.6 Å². The van der Waals surface area contributed by atoms with Gasteiger partial charge in [-0.2, -0.15) is 17.7 Å². The van der Waals surface area contributed by atoms with E-state index in [9.17, 15) is 13.2 Å². The highest BCUT2D eigenvalue weighted by atomic mass is 32.2. The van der Waals surface area contributed by atoms with Gasteiger partial charge < -0.3 is 9.29 Å². The van der Waals surface area contributed by atoms with Gasteiger partial charge in [0.1, 0.15) is 6.54 Å². The van der Waals surface area contributed by atoms with Crippen molar-refractivity contribution in [1.82, 2.24) is 0 Å². The Hall–Kier alpha value is -0.830. The normalized spacial score (nSPS) is 20.2. The van der Waals surface area contributed by atoms with E-state index in [1.165, 1.54) is 31.7 Å². The molecule has 0 radical (unpaired) electrons. The van der Waals surface area contributed by atoms with Crippen LogP contribution in [0.15, 0.2) is 0 Å². The van der Waals surface area contributed by atoms with E-state index >= 15 is 0 Å². The van der Waals surface area contributed by atoms with Crippen molar-refractivity contribution >= 4 is 16.0 Å². The summed E-state index contributed by atoms with van der Waals surface area (Å²) in [4.78, 5) is 0. The van der Waals surface area contributed by atoms with Crippen LogP contribution in [0.3, 0.4) is 0 Å². The molecule has 2 aliphatic rings. The van der Waals surface area contributed by atoms with Crippen molar-refractivity contribution in [1.29, 1.82) is 0 Å². The number of hydrogen-bond acceptors (Lipinski definition) is 4. The number of alkyl halides is 3. The second-order valence-electron chi connectivity index (χ2n) is 3.59. The van der Waals surface area contributed by atoms with Gasteiger partial charge in [0.05, 0.1) is 6.42 Å². The van der Waals surface area contributed by atoms with Gasteiger partial charge in [-0.1, -0.05) is 0 Å². The van der Waals surface area contributed by atoms with Crippen molar-refractivity contribution in [2.75, 3.05) is 19.7 Å². The summed E-state index contributed by atoms with van der Waals surface area (Å²) in [7, 11) is -6.09. The molecular formula is C8H12F3NO4S. The zero-order chi connectivity index (χ0) is 13.1. The maximum Gasteiger partial charge on any atom is 0.485 e. The highest BCUT2D eigenvalue weighted by Crippen LogP contribution is 2.20. The molecule has 0 atom stereocenters. The van der Waals surface area contributed by atoms with E-state index in [-0.39, 0.29) is 0 Å². The van der Waals surface area contributed by atoms with Crippen molar-refractivity contribution in [3.05, 3.63) is 0 Å². The van der Waals surface area contributed by atoms with E-state index in [0.29, 0.717) is 0 Å². The molecule has 2 rings (SSSR count). The Bertz CT molecular complexity index is 385. The van der Waals surface area contributed by atoms with Crippen LogP contribution in [0, 0.1) is 0 Å². The lowest BCUT2D eigenvalue weighted by atomic mass is 10.2. The van der Waals surface area contributed by atoms with Crippen LogP contribution in [-0.2, 0) is 14.9 Å². The second-order valence-corrected chi connectivity index (χ2v) is 4.96. The highest BCUT2D eigenvalue weighted by Gasteiger charge is 2.36. The zero-order valence-electron chi connectivity index (χ0n) is 8.86. The first-order valence-corrected chi connectivity index (χ1v) is 6.38. The van der Waals surface area contributed by atoms with Crippen LogP contribution in [0.1, 0.15) is 19.3 Å². The van der Waals surface area contributed by atoms with E-state index in [1.807, 2.05) is 0 Å². The molecule has 0 aliphatic carbocycles. The molecule has 0 unspecified atom stereocenters. The third-order valence-corrected chi connectivity index (χ3v) is 2.90. The number of halogens is 3. The molecule has 0 amide bonds. The molecule has 0 fully saturated rings. The minimum Gasteiger partial charge on any atom is -0.741 e. The van der Waals surface area contributed by atoms with Crippen LogP contribution < -0.4 is 0 Å². The zero-order valence-corrected chi connectivity index (χ0v) is 9.68. The Morgan fingerprint density at radius 1 is 1.24 bits per heavy atom. The summed E-state index contributed by atoms with van der Waals surface area (Å²) in [5.41, 5.74) is -5.65. The second kappa shape index (κ2) is 5.21. The average Bonchev–Trinajstić information content (AvgIpc) is 2.62. The van der Waals surface area contributed by atoms with Gasteiger partial charge in [-0.25, -0.2) is 8.42 Å². The fourth-order valence-electron chi connectivity index (χ4n) is 1.54. The molecule has 0 aromatic heterocycles. The van der Waals surface area contributed by atoms with Crippen molar-refractivity contribution in [2.45, 2.75) is 24.8 Å². The average molecular weight is 275 g/mol. The summed E-state index contributed by atoms with van der Waals surface area (Å²) in [6, 6.07) is 0. The Kier molecular flexibility index (Phi) is 4.36. The van der Waals surface area contributed by atoms with Crippen LogP contribution in [0.5, 0.6) is 0 Å². The lowest BCUT2D eigenvalue weighted by Crippen LogP contribution is -2.21. The topological polar surface area (TPSA) is 69.4 Å².